The molecule has 2 atom stereocenters. The Morgan fingerprint density at radius 2 is 1.73 bits per heavy atom. The minimum atomic E-state index is -5.88. The first kappa shape index (κ1) is 25.8. The molecule has 182 valence electrons. The van der Waals surface area contributed by atoms with Crippen LogP contribution in [0.3, 0.4) is 0 Å². The average Bonchev–Trinajstić information content (AvgIpc) is 2.82. The minimum Gasteiger partial charge on any atom is -0.436 e. The third-order valence-electron chi connectivity index (χ3n) is 4.75. The molecule has 0 unspecified atom stereocenters. The molecule has 2 N–H and O–H groups in total. The number of amides is 4. The number of alkyl halides is 5. The van der Waals surface area contributed by atoms with Gasteiger partial charge >= 0.3 is 18.2 Å². The number of likely N-dealkylation sites (N-methyl/N-ethyl adjacent to an activating group) is 1. The Hall–Kier alpha value is -3.45. The fourth-order valence-corrected chi connectivity index (χ4v) is 2.92. The largest absolute Gasteiger partial charge is 0.455 e. The van der Waals surface area contributed by atoms with Gasteiger partial charge in [-0.25, -0.2) is 4.79 Å². The van der Waals surface area contributed by atoms with Gasteiger partial charge < -0.3 is 25.2 Å². The molecule has 1 aliphatic rings. The van der Waals surface area contributed by atoms with Crippen LogP contribution in [0.5, 0.6) is 0 Å². The van der Waals surface area contributed by atoms with Gasteiger partial charge in [-0.15, -0.1) is 0 Å². The van der Waals surface area contributed by atoms with Gasteiger partial charge in [0.2, 0.25) is 5.91 Å². The summed E-state index contributed by atoms with van der Waals surface area (Å²) in [4.78, 5) is 51.4. The Morgan fingerprint density at radius 3 is 2.27 bits per heavy atom. The summed E-state index contributed by atoms with van der Waals surface area (Å²) in [6.45, 7) is -0.0448. The molecular formula is C19H21F5N4O5. The number of benzene rings is 1. The zero-order valence-electron chi connectivity index (χ0n) is 17.7. The maximum Gasteiger partial charge on any atom is 0.455 e. The molecule has 0 spiro atoms. The molecule has 0 radical (unpaired) electrons. The summed E-state index contributed by atoms with van der Waals surface area (Å²) >= 11 is 0. The van der Waals surface area contributed by atoms with Crippen LogP contribution in [0.1, 0.15) is 13.8 Å². The van der Waals surface area contributed by atoms with E-state index >= 15 is 0 Å². The minimum absolute atomic E-state index is 0.252. The van der Waals surface area contributed by atoms with E-state index in [1.807, 2.05) is 0 Å². The van der Waals surface area contributed by atoms with E-state index in [0.29, 0.717) is 11.4 Å². The molecule has 0 saturated heterocycles. The van der Waals surface area contributed by atoms with Crippen LogP contribution in [0.4, 0.5) is 38.1 Å². The molecule has 1 heterocycles. The highest BCUT2D eigenvalue weighted by molar-refractivity contribution is 6.07. The topological polar surface area (TPSA) is 108 Å². The van der Waals surface area contributed by atoms with Crippen molar-refractivity contribution in [2.75, 3.05) is 29.9 Å². The number of halogens is 5. The van der Waals surface area contributed by atoms with Gasteiger partial charge in [0.05, 0.1) is 24.5 Å². The van der Waals surface area contributed by atoms with Crippen LogP contribution in [-0.4, -0.2) is 68.2 Å². The number of rotatable bonds is 5. The first-order chi connectivity index (χ1) is 15.2. The maximum atomic E-state index is 12.9. The van der Waals surface area contributed by atoms with Gasteiger partial charge in [-0.1, -0.05) is 12.1 Å². The van der Waals surface area contributed by atoms with Crippen LogP contribution in [0.15, 0.2) is 24.3 Å². The van der Waals surface area contributed by atoms with Crippen molar-refractivity contribution >= 4 is 35.2 Å². The van der Waals surface area contributed by atoms with E-state index in [9.17, 15) is 41.1 Å². The molecule has 4 amide bonds. The standard InChI is InChI=1S/C19H21F5N4O5/c1-10(33-17(32)25-9-18(20,21)19(22,23)24)15(30)26-12-8-28(11(2)29)14-7-5-4-6-13(14)27(3)16(12)31/h4-7,10,12H,8-9H2,1-3H3,(H,25,32)(H,26,30)/t10-,12-/m0/s1. The molecule has 9 nitrogen and oxygen atoms in total. The van der Waals surface area contributed by atoms with E-state index in [0.717, 1.165) is 6.92 Å². The fraction of sp³-hybridized carbons (Fsp3) is 0.474. The number of hydrogen-bond acceptors (Lipinski definition) is 5. The molecule has 1 aromatic rings. The predicted octanol–water partition coefficient (Wildman–Crippen LogP) is 1.81. The molecule has 0 aromatic heterocycles. The van der Waals surface area contributed by atoms with Crippen molar-refractivity contribution in [2.24, 2.45) is 0 Å². The summed E-state index contributed by atoms with van der Waals surface area (Å²) in [5, 5.41) is 3.54. The maximum absolute atomic E-state index is 12.9. The number of carbonyl (C=O) groups excluding carboxylic acids is 4. The van der Waals surface area contributed by atoms with Gasteiger partial charge in [0.25, 0.3) is 11.8 Å². The van der Waals surface area contributed by atoms with Crippen LogP contribution in [-0.2, 0) is 19.1 Å². The van der Waals surface area contributed by atoms with Crippen LogP contribution < -0.4 is 20.4 Å². The van der Waals surface area contributed by atoms with Gasteiger partial charge in [0, 0.05) is 14.0 Å². The highest BCUT2D eigenvalue weighted by Crippen LogP contribution is 2.34. The molecule has 0 bridgehead atoms. The van der Waals surface area contributed by atoms with E-state index in [4.69, 9.17) is 0 Å². The molecule has 33 heavy (non-hydrogen) atoms. The van der Waals surface area contributed by atoms with Crippen molar-refractivity contribution in [3.63, 3.8) is 0 Å². The van der Waals surface area contributed by atoms with Crippen molar-refractivity contribution in [2.45, 2.75) is 38.1 Å². The van der Waals surface area contributed by atoms with E-state index in [2.05, 4.69) is 10.1 Å². The molecule has 1 aromatic carbocycles. The lowest BCUT2D eigenvalue weighted by Gasteiger charge is -2.25. The second kappa shape index (κ2) is 9.58. The first-order valence-electron chi connectivity index (χ1n) is 9.50. The zero-order valence-corrected chi connectivity index (χ0v) is 17.7. The van der Waals surface area contributed by atoms with E-state index < -0.39 is 54.6 Å². The molecule has 0 aliphatic carbocycles. The summed E-state index contributed by atoms with van der Waals surface area (Å²) in [7, 11) is 1.43. The van der Waals surface area contributed by atoms with Gasteiger partial charge in [0.15, 0.2) is 6.10 Å². The second-order valence-corrected chi connectivity index (χ2v) is 7.18. The van der Waals surface area contributed by atoms with E-state index in [1.165, 1.54) is 29.1 Å². The quantitative estimate of drug-likeness (QED) is 0.626. The number of ether oxygens (including phenoxy) is 1. The summed E-state index contributed by atoms with van der Waals surface area (Å²) < 4.78 is 66.7. The van der Waals surface area contributed by atoms with Crippen molar-refractivity contribution in [3.05, 3.63) is 24.3 Å². The number of fused-ring (bicyclic) bond motifs is 1. The lowest BCUT2D eigenvalue weighted by Crippen LogP contribution is -2.54. The van der Waals surface area contributed by atoms with Gasteiger partial charge in [-0.05, 0) is 19.1 Å². The van der Waals surface area contributed by atoms with Crippen LogP contribution >= 0.6 is 0 Å². The number of carbonyl (C=O) groups is 4. The van der Waals surface area contributed by atoms with Gasteiger partial charge in [-0.3, -0.25) is 14.4 Å². The Kier molecular flexibility index (Phi) is 7.50. The number of nitrogens with one attached hydrogen (secondary N) is 2. The van der Waals surface area contributed by atoms with Crippen molar-refractivity contribution in [3.8, 4) is 0 Å². The second-order valence-electron chi connectivity index (χ2n) is 7.18. The Balaban J connectivity index is 2.06. The monoisotopic (exact) mass is 480 g/mol. The van der Waals surface area contributed by atoms with Crippen molar-refractivity contribution in [1.29, 1.82) is 0 Å². The third-order valence-corrected chi connectivity index (χ3v) is 4.75. The zero-order chi connectivity index (χ0) is 25.1. The number of hydrogen-bond donors (Lipinski definition) is 2. The number of para-hydroxylation sites is 2. The van der Waals surface area contributed by atoms with Gasteiger partial charge in [0.1, 0.15) is 6.04 Å². The van der Waals surface area contributed by atoms with Crippen LogP contribution in [0, 0.1) is 0 Å². The SMILES string of the molecule is CC(=O)N1C[C@H](NC(=O)[C@H](C)OC(=O)NCC(F)(F)C(F)(F)F)C(=O)N(C)c2ccccc21. The Morgan fingerprint density at radius 1 is 1.15 bits per heavy atom. The molecule has 2 rings (SSSR count). The van der Waals surface area contributed by atoms with Crippen molar-refractivity contribution < 1.29 is 45.9 Å². The summed E-state index contributed by atoms with van der Waals surface area (Å²) in [5.74, 6) is -7.24. The van der Waals surface area contributed by atoms with E-state index in [-0.39, 0.29) is 6.54 Å². The number of anilines is 2. The van der Waals surface area contributed by atoms with Gasteiger partial charge in [-0.2, -0.15) is 22.0 Å². The summed E-state index contributed by atoms with van der Waals surface area (Å²) in [6.07, 6.45) is -9.22. The number of nitrogens with zero attached hydrogens (tertiary/aromatic N) is 2. The predicted molar refractivity (Wildman–Crippen MR) is 105 cm³/mol. The fourth-order valence-electron chi connectivity index (χ4n) is 2.92. The lowest BCUT2D eigenvalue weighted by molar-refractivity contribution is -0.278. The van der Waals surface area contributed by atoms with Crippen LogP contribution in [0.2, 0.25) is 0 Å². The molecule has 0 saturated carbocycles. The Labute approximate surface area is 184 Å². The van der Waals surface area contributed by atoms with Crippen LogP contribution in [0.25, 0.3) is 0 Å². The number of alkyl carbamates (subject to hydrolysis) is 1. The molecule has 0 fully saturated rings. The summed E-state index contributed by atoms with van der Waals surface area (Å²) in [5.41, 5.74) is 0.829. The normalized spacial score (nSPS) is 17.6. The molecule has 1 aliphatic heterocycles. The highest BCUT2D eigenvalue weighted by Gasteiger charge is 2.57. The first-order valence-corrected chi connectivity index (χ1v) is 9.50. The molecule has 14 heteroatoms. The molecular weight excluding hydrogens is 459 g/mol. The van der Waals surface area contributed by atoms with E-state index in [1.54, 1.807) is 24.3 Å². The Bertz CT molecular complexity index is 939. The smallest absolute Gasteiger partial charge is 0.436 e. The average molecular weight is 480 g/mol. The lowest BCUT2D eigenvalue weighted by atomic mass is 10.2. The summed E-state index contributed by atoms with van der Waals surface area (Å²) in [6, 6.07) is 5.25. The van der Waals surface area contributed by atoms with Crippen molar-refractivity contribution in [1.82, 2.24) is 10.6 Å². The third kappa shape index (κ3) is 5.87. The highest BCUT2D eigenvalue weighted by atomic mass is 19.4.